The van der Waals surface area contributed by atoms with Gasteiger partial charge < -0.3 is 19.7 Å². The van der Waals surface area contributed by atoms with Crippen molar-refractivity contribution in [1.29, 1.82) is 0 Å². The number of hydrogen-bond acceptors (Lipinski definition) is 4. The molecule has 24 heavy (non-hydrogen) atoms. The summed E-state index contributed by atoms with van der Waals surface area (Å²) in [5.74, 6) is -0.954. The Kier molecular flexibility index (Phi) is 7.30. The summed E-state index contributed by atoms with van der Waals surface area (Å²) in [7, 11) is 2.68. The van der Waals surface area contributed by atoms with E-state index in [2.05, 4.69) is 10.1 Å². The van der Waals surface area contributed by atoms with Gasteiger partial charge in [0, 0.05) is 12.1 Å². The number of hydrogen-bond donors (Lipinski definition) is 1. The lowest BCUT2D eigenvalue weighted by molar-refractivity contribution is -0.177. The van der Waals surface area contributed by atoms with Crippen LogP contribution in [0.3, 0.4) is 0 Å². The average Bonchev–Trinajstić information content (AvgIpc) is 2.45. The number of benzene rings is 1. The molecule has 0 spiro atoms. The fourth-order valence-electron chi connectivity index (χ4n) is 1.64. The number of ether oxygens (including phenoxy) is 2. The van der Waals surface area contributed by atoms with Gasteiger partial charge in [-0.15, -0.1) is 0 Å². The Balaban J connectivity index is 2.52. The Morgan fingerprint density at radius 1 is 1.33 bits per heavy atom. The lowest BCUT2D eigenvalue weighted by Gasteiger charge is -2.18. The number of carbonyl (C=O) groups is 2. The standard InChI is InChI=1S/C14H16ClF3N2O4/c1-20(13(22)7-24-8-14(16,17)18)6-12(21)19-10-5-9(15)3-4-11(10)23-2/h3-5H,6-8H2,1-2H3,(H,19,21). The summed E-state index contributed by atoms with van der Waals surface area (Å²) in [5.41, 5.74) is 0.309. The van der Waals surface area contributed by atoms with E-state index >= 15 is 0 Å². The summed E-state index contributed by atoms with van der Waals surface area (Å²) in [6.07, 6.45) is -4.51. The van der Waals surface area contributed by atoms with E-state index < -0.39 is 31.2 Å². The maximum absolute atomic E-state index is 11.9. The summed E-state index contributed by atoms with van der Waals surface area (Å²) in [6, 6.07) is 4.59. The van der Waals surface area contributed by atoms with E-state index in [-0.39, 0.29) is 6.54 Å². The third kappa shape index (κ3) is 7.05. The summed E-state index contributed by atoms with van der Waals surface area (Å²) in [6.45, 7) is -2.67. The van der Waals surface area contributed by atoms with Crippen molar-refractivity contribution in [2.75, 3.05) is 39.2 Å². The predicted octanol–water partition coefficient (Wildman–Crippen LogP) is 2.32. The van der Waals surface area contributed by atoms with Crippen molar-refractivity contribution in [3.8, 4) is 5.75 Å². The molecule has 0 bridgehead atoms. The average molecular weight is 369 g/mol. The molecule has 10 heteroatoms. The smallest absolute Gasteiger partial charge is 0.411 e. The van der Waals surface area contributed by atoms with Gasteiger partial charge in [-0.25, -0.2) is 0 Å². The fourth-order valence-corrected chi connectivity index (χ4v) is 1.81. The quantitative estimate of drug-likeness (QED) is 0.802. The highest BCUT2D eigenvalue weighted by molar-refractivity contribution is 6.31. The van der Waals surface area contributed by atoms with Gasteiger partial charge in [0.15, 0.2) is 0 Å². The van der Waals surface area contributed by atoms with Crippen molar-refractivity contribution >= 4 is 29.1 Å². The van der Waals surface area contributed by atoms with Gasteiger partial charge in [0.1, 0.15) is 19.0 Å². The molecule has 0 aliphatic carbocycles. The molecule has 1 aromatic rings. The second-order valence-electron chi connectivity index (χ2n) is 4.75. The number of carbonyl (C=O) groups excluding carboxylic acids is 2. The van der Waals surface area contributed by atoms with Gasteiger partial charge in [0.2, 0.25) is 11.8 Å². The van der Waals surface area contributed by atoms with Crippen molar-refractivity contribution in [1.82, 2.24) is 4.90 Å². The third-order valence-corrected chi connectivity index (χ3v) is 2.97. The molecule has 0 saturated heterocycles. The highest BCUT2D eigenvalue weighted by Gasteiger charge is 2.28. The first-order valence-electron chi connectivity index (χ1n) is 6.64. The van der Waals surface area contributed by atoms with Gasteiger partial charge >= 0.3 is 6.18 Å². The van der Waals surface area contributed by atoms with Crippen molar-refractivity contribution < 1.29 is 32.2 Å². The molecular weight excluding hydrogens is 353 g/mol. The number of methoxy groups -OCH3 is 1. The van der Waals surface area contributed by atoms with Gasteiger partial charge in [0.25, 0.3) is 0 Å². The minimum Gasteiger partial charge on any atom is -0.495 e. The first-order chi connectivity index (χ1) is 11.1. The molecule has 6 nitrogen and oxygen atoms in total. The SMILES string of the molecule is COc1ccc(Cl)cc1NC(=O)CN(C)C(=O)COCC(F)(F)F. The van der Waals surface area contributed by atoms with Crippen LogP contribution < -0.4 is 10.1 Å². The molecule has 2 amide bonds. The molecule has 1 rings (SSSR count). The van der Waals surface area contributed by atoms with Crippen LogP contribution in [-0.4, -0.2) is 56.8 Å². The fraction of sp³-hybridized carbons (Fsp3) is 0.429. The highest BCUT2D eigenvalue weighted by Crippen LogP contribution is 2.27. The second-order valence-corrected chi connectivity index (χ2v) is 5.19. The van der Waals surface area contributed by atoms with E-state index in [1.54, 1.807) is 12.1 Å². The van der Waals surface area contributed by atoms with Gasteiger partial charge in [-0.3, -0.25) is 9.59 Å². The summed E-state index contributed by atoms with van der Waals surface area (Å²) in [4.78, 5) is 24.5. The van der Waals surface area contributed by atoms with Crippen LogP contribution in [0, 0.1) is 0 Å². The molecule has 0 aliphatic heterocycles. The number of rotatable bonds is 7. The zero-order valence-electron chi connectivity index (χ0n) is 12.9. The van der Waals surface area contributed by atoms with Crippen LogP contribution in [0.2, 0.25) is 5.02 Å². The number of nitrogens with zero attached hydrogens (tertiary/aromatic N) is 1. The molecule has 0 heterocycles. The van der Waals surface area contributed by atoms with Crippen LogP contribution >= 0.6 is 11.6 Å². The van der Waals surface area contributed by atoms with E-state index in [0.717, 1.165) is 4.90 Å². The zero-order chi connectivity index (χ0) is 18.3. The molecule has 0 atom stereocenters. The molecule has 0 aromatic heterocycles. The van der Waals surface area contributed by atoms with Gasteiger partial charge in [-0.05, 0) is 18.2 Å². The minimum atomic E-state index is -4.51. The molecule has 0 fully saturated rings. The lowest BCUT2D eigenvalue weighted by Crippen LogP contribution is -2.37. The monoisotopic (exact) mass is 368 g/mol. The normalized spacial score (nSPS) is 11.1. The topological polar surface area (TPSA) is 67.9 Å². The lowest BCUT2D eigenvalue weighted by atomic mass is 10.3. The Bertz CT molecular complexity index is 596. The number of amides is 2. The van der Waals surface area contributed by atoms with E-state index in [1.807, 2.05) is 0 Å². The number of alkyl halides is 3. The zero-order valence-corrected chi connectivity index (χ0v) is 13.7. The molecule has 0 aliphatic rings. The van der Waals surface area contributed by atoms with Gasteiger partial charge in [0.05, 0.1) is 19.3 Å². The van der Waals surface area contributed by atoms with Crippen LogP contribution in [0.4, 0.5) is 18.9 Å². The maximum atomic E-state index is 11.9. The molecule has 0 unspecified atom stereocenters. The Morgan fingerprint density at radius 2 is 2.00 bits per heavy atom. The largest absolute Gasteiger partial charge is 0.495 e. The first kappa shape index (κ1) is 20.0. The Hall–Kier alpha value is -2.00. The van der Waals surface area contributed by atoms with Crippen LogP contribution in [0.5, 0.6) is 5.75 Å². The summed E-state index contributed by atoms with van der Waals surface area (Å²) >= 11 is 5.83. The van der Waals surface area contributed by atoms with E-state index in [1.165, 1.54) is 20.2 Å². The van der Waals surface area contributed by atoms with Crippen LogP contribution in [0.15, 0.2) is 18.2 Å². The number of nitrogens with one attached hydrogen (secondary N) is 1. The third-order valence-electron chi connectivity index (χ3n) is 2.73. The summed E-state index contributed by atoms with van der Waals surface area (Å²) < 4.78 is 45.1. The maximum Gasteiger partial charge on any atom is 0.411 e. The molecule has 1 N–H and O–H groups in total. The van der Waals surface area contributed by atoms with Crippen molar-refractivity contribution in [2.45, 2.75) is 6.18 Å². The first-order valence-corrected chi connectivity index (χ1v) is 7.02. The number of likely N-dealkylation sites (N-methyl/N-ethyl adjacent to an activating group) is 1. The van der Waals surface area contributed by atoms with Gasteiger partial charge in [-0.1, -0.05) is 11.6 Å². The molecule has 0 radical (unpaired) electrons. The van der Waals surface area contributed by atoms with Crippen molar-refractivity contribution in [3.63, 3.8) is 0 Å². The molecule has 0 saturated carbocycles. The van der Waals surface area contributed by atoms with Crippen LogP contribution in [0.1, 0.15) is 0 Å². The van der Waals surface area contributed by atoms with Crippen molar-refractivity contribution in [2.24, 2.45) is 0 Å². The van der Waals surface area contributed by atoms with E-state index in [0.29, 0.717) is 16.5 Å². The molecule has 1 aromatic carbocycles. The molecular formula is C14H16ClF3N2O4. The number of anilines is 1. The van der Waals surface area contributed by atoms with Crippen molar-refractivity contribution in [3.05, 3.63) is 23.2 Å². The highest BCUT2D eigenvalue weighted by atomic mass is 35.5. The Morgan fingerprint density at radius 3 is 2.58 bits per heavy atom. The minimum absolute atomic E-state index is 0.309. The molecule has 134 valence electrons. The summed E-state index contributed by atoms with van der Waals surface area (Å²) in [5, 5.41) is 2.88. The predicted molar refractivity (Wildman–Crippen MR) is 81.1 cm³/mol. The van der Waals surface area contributed by atoms with Gasteiger partial charge in [-0.2, -0.15) is 13.2 Å². The van der Waals surface area contributed by atoms with Crippen LogP contribution in [-0.2, 0) is 14.3 Å². The second kappa shape index (κ2) is 8.74. The Labute approximate surface area is 141 Å². The van der Waals surface area contributed by atoms with E-state index in [9.17, 15) is 22.8 Å². The van der Waals surface area contributed by atoms with Crippen LogP contribution in [0.25, 0.3) is 0 Å². The van der Waals surface area contributed by atoms with E-state index in [4.69, 9.17) is 16.3 Å². The number of halogens is 4.